The molecule has 0 unspecified atom stereocenters. The number of quaternary nitrogens is 1. The highest BCUT2D eigenvalue weighted by atomic mass is 16.5. The van der Waals surface area contributed by atoms with E-state index in [1.54, 1.807) is 0 Å². The zero-order valence-electron chi connectivity index (χ0n) is 21.2. The Morgan fingerprint density at radius 1 is 0.917 bits per heavy atom. The Labute approximate surface area is 214 Å². The Bertz CT molecular complexity index is 1120. The fourth-order valence-corrected chi connectivity index (χ4v) is 7.02. The summed E-state index contributed by atoms with van der Waals surface area (Å²) in [4.78, 5) is 4.66. The maximum absolute atomic E-state index is 14.6. The number of benzene rings is 2. The number of nitrogens with zero attached hydrogens (tertiary/aromatic N) is 2. The van der Waals surface area contributed by atoms with E-state index < -0.39 is 5.60 Å². The van der Waals surface area contributed by atoms with Gasteiger partial charge in [0.05, 0.1) is 25.9 Å². The number of hydrogen-bond donors (Lipinski definition) is 0. The van der Waals surface area contributed by atoms with Gasteiger partial charge in [0, 0.05) is 18.8 Å². The van der Waals surface area contributed by atoms with E-state index in [0.29, 0.717) is 18.4 Å². The molecule has 4 heterocycles. The summed E-state index contributed by atoms with van der Waals surface area (Å²) >= 11 is 0. The van der Waals surface area contributed by atoms with E-state index in [4.69, 9.17) is 9.15 Å². The zero-order chi connectivity index (χ0) is 24.4. The molecular weight excluding hydrogens is 448 g/mol. The Kier molecular flexibility index (Phi) is 6.72. The first kappa shape index (κ1) is 23.9. The van der Waals surface area contributed by atoms with E-state index in [2.05, 4.69) is 29.2 Å². The summed E-state index contributed by atoms with van der Waals surface area (Å²) in [7, 11) is 0. The average Bonchev–Trinajstić information content (AvgIpc) is 3.42. The highest BCUT2D eigenvalue weighted by Gasteiger charge is 2.47. The monoisotopic (exact) mass is 486 g/mol. The van der Waals surface area contributed by atoms with Crippen molar-refractivity contribution >= 4 is 0 Å². The van der Waals surface area contributed by atoms with Gasteiger partial charge in [-0.05, 0) is 22.6 Å². The summed E-state index contributed by atoms with van der Waals surface area (Å²) in [5, 5.41) is 14.6. The van der Waals surface area contributed by atoms with Crippen molar-refractivity contribution in [1.29, 1.82) is 0 Å². The Balaban J connectivity index is 1.20. The molecule has 5 heteroatoms. The molecule has 4 aliphatic rings. The maximum Gasteiger partial charge on any atom is 0.188 e. The van der Waals surface area contributed by atoms with Crippen LogP contribution >= 0.6 is 0 Å². The molecule has 0 radical (unpaired) electrons. The fraction of sp³-hybridized carbons (Fsp3) is 0.516. The Hall–Kier alpha value is -2.47. The molecule has 0 N–H and O–H groups in total. The van der Waals surface area contributed by atoms with E-state index in [1.807, 2.05) is 42.6 Å². The van der Waals surface area contributed by atoms with Crippen molar-refractivity contribution < 1.29 is 18.7 Å². The van der Waals surface area contributed by atoms with Gasteiger partial charge in [-0.1, -0.05) is 92.8 Å². The molecular formula is C31H38N2O3. The number of aromatic nitrogens is 1. The normalized spacial score (nSPS) is 28.1. The third-order valence-electron chi connectivity index (χ3n) is 9.09. The standard InChI is InChI=1S/C31H38N2O3/c34-31(26-12-6-2-7-13-26,27-14-8-3-9-15-27)30-32-20-28(36-30)21-33-18-16-25(17-19-33)29(22-33)35-23-24-10-4-1-5-11-24/h1-2,4-7,10-13,20,25,27,29H,3,8-9,14-19,21-23H2/t25?,29-,31+,33?/m1/s1. The first-order chi connectivity index (χ1) is 17.6. The molecule has 3 saturated heterocycles. The SMILES string of the molecule is [O-][C@](c1ccccc1)(c1ncc(C[N+]23CCC(CC2)[C@H](OCc2ccccc2)C3)o1)C1CCCCC1. The largest absolute Gasteiger partial charge is 0.839 e. The van der Waals surface area contributed by atoms with Gasteiger partial charge in [0.15, 0.2) is 11.7 Å². The van der Waals surface area contributed by atoms with Crippen LogP contribution in [0, 0.1) is 11.8 Å². The van der Waals surface area contributed by atoms with Crippen molar-refractivity contribution in [3.05, 3.63) is 89.6 Å². The van der Waals surface area contributed by atoms with Crippen LogP contribution in [0.15, 0.2) is 71.3 Å². The van der Waals surface area contributed by atoms with Gasteiger partial charge in [-0.15, -0.1) is 0 Å². The van der Waals surface area contributed by atoms with Crippen LogP contribution < -0.4 is 5.11 Å². The number of piperidine rings is 3. The maximum atomic E-state index is 14.6. The highest BCUT2D eigenvalue weighted by molar-refractivity contribution is 5.29. The number of fused-ring (bicyclic) bond motifs is 3. The van der Waals surface area contributed by atoms with Crippen LogP contribution in [0.2, 0.25) is 0 Å². The Morgan fingerprint density at radius 2 is 1.61 bits per heavy atom. The molecule has 7 rings (SSSR count). The molecule has 0 spiro atoms. The lowest BCUT2D eigenvalue weighted by molar-refractivity contribution is -0.959. The van der Waals surface area contributed by atoms with Crippen LogP contribution in [-0.2, 0) is 23.5 Å². The topological polar surface area (TPSA) is 58.3 Å². The van der Waals surface area contributed by atoms with Crippen LogP contribution in [0.1, 0.15) is 67.7 Å². The average molecular weight is 487 g/mol. The zero-order valence-corrected chi connectivity index (χ0v) is 21.2. The number of hydrogen-bond acceptors (Lipinski definition) is 4. The smallest absolute Gasteiger partial charge is 0.188 e. The predicted octanol–water partition coefficient (Wildman–Crippen LogP) is 5.18. The van der Waals surface area contributed by atoms with Crippen LogP contribution in [0.25, 0.3) is 0 Å². The summed E-state index contributed by atoms with van der Waals surface area (Å²) < 4.78 is 13.8. The van der Waals surface area contributed by atoms with Crippen molar-refractivity contribution in [3.63, 3.8) is 0 Å². The minimum absolute atomic E-state index is 0.0219. The lowest BCUT2D eigenvalue weighted by atomic mass is 9.73. The van der Waals surface area contributed by atoms with Gasteiger partial charge >= 0.3 is 0 Å². The molecule has 2 aromatic carbocycles. The van der Waals surface area contributed by atoms with Gasteiger partial charge in [0.2, 0.25) is 0 Å². The Morgan fingerprint density at radius 3 is 2.33 bits per heavy atom. The van der Waals surface area contributed by atoms with E-state index >= 15 is 0 Å². The summed E-state index contributed by atoms with van der Waals surface area (Å²) in [6.07, 6.45) is 9.82. The minimum Gasteiger partial charge on any atom is -0.839 e. The van der Waals surface area contributed by atoms with E-state index in [1.165, 1.54) is 24.8 Å². The van der Waals surface area contributed by atoms with Gasteiger partial charge in [0.25, 0.3) is 0 Å². The van der Waals surface area contributed by atoms with E-state index in [-0.39, 0.29) is 12.0 Å². The number of oxazole rings is 1. The lowest BCUT2D eigenvalue weighted by Gasteiger charge is -2.52. The third kappa shape index (κ3) is 4.65. The van der Waals surface area contributed by atoms with Gasteiger partial charge in [-0.25, -0.2) is 4.98 Å². The van der Waals surface area contributed by atoms with Gasteiger partial charge < -0.3 is 18.7 Å². The molecule has 1 saturated carbocycles. The van der Waals surface area contributed by atoms with Crippen molar-refractivity contribution in [1.82, 2.24) is 4.98 Å². The van der Waals surface area contributed by atoms with E-state index in [0.717, 1.165) is 67.7 Å². The molecule has 190 valence electrons. The fourth-order valence-electron chi connectivity index (χ4n) is 7.02. The van der Waals surface area contributed by atoms with Crippen molar-refractivity contribution in [2.24, 2.45) is 11.8 Å². The van der Waals surface area contributed by atoms with Crippen LogP contribution in [0.3, 0.4) is 0 Å². The predicted molar refractivity (Wildman–Crippen MR) is 137 cm³/mol. The molecule has 2 atom stereocenters. The van der Waals surface area contributed by atoms with Crippen molar-refractivity contribution in [2.75, 3.05) is 19.6 Å². The van der Waals surface area contributed by atoms with Gasteiger partial charge in [0.1, 0.15) is 19.2 Å². The molecule has 2 bridgehead atoms. The van der Waals surface area contributed by atoms with E-state index in [9.17, 15) is 5.11 Å². The molecule has 3 aromatic rings. The van der Waals surface area contributed by atoms with Crippen molar-refractivity contribution in [2.45, 2.75) is 69.8 Å². The van der Waals surface area contributed by atoms with Gasteiger partial charge in [-0.3, -0.25) is 0 Å². The second kappa shape index (κ2) is 10.1. The van der Waals surface area contributed by atoms with Crippen LogP contribution in [0.5, 0.6) is 0 Å². The first-order valence-electron chi connectivity index (χ1n) is 13.9. The molecule has 3 aliphatic heterocycles. The number of rotatable bonds is 8. The molecule has 1 aromatic heterocycles. The first-order valence-corrected chi connectivity index (χ1v) is 13.9. The minimum atomic E-state index is -1.42. The summed E-state index contributed by atoms with van der Waals surface area (Å²) in [5.74, 6) is 1.88. The molecule has 1 aliphatic carbocycles. The number of ether oxygens (including phenoxy) is 1. The molecule has 5 nitrogen and oxygen atoms in total. The lowest BCUT2D eigenvalue weighted by Crippen LogP contribution is -2.63. The van der Waals surface area contributed by atoms with Crippen molar-refractivity contribution in [3.8, 4) is 0 Å². The molecule has 4 fully saturated rings. The van der Waals surface area contributed by atoms with Gasteiger partial charge in [-0.2, -0.15) is 0 Å². The quantitative estimate of drug-likeness (QED) is 0.412. The second-order valence-electron chi connectivity index (χ2n) is 11.4. The second-order valence-corrected chi connectivity index (χ2v) is 11.4. The summed E-state index contributed by atoms with van der Waals surface area (Å²) in [6, 6.07) is 20.3. The molecule has 36 heavy (non-hydrogen) atoms. The highest BCUT2D eigenvalue weighted by Crippen LogP contribution is 2.42. The van der Waals surface area contributed by atoms with Crippen LogP contribution in [0.4, 0.5) is 0 Å². The third-order valence-corrected chi connectivity index (χ3v) is 9.09. The summed E-state index contributed by atoms with van der Waals surface area (Å²) in [6.45, 7) is 4.77. The van der Waals surface area contributed by atoms with Crippen LogP contribution in [-0.4, -0.2) is 35.2 Å². The molecule has 0 amide bonds. The summed E-state index contributed by atoms with van der Waals surface area (Å²) in [5.41, 5.74) is 0.595.